The highest BCUT2D eigenvalue weighted by Gasteiger charge is 2.30. The molecule has 106 valence electrons. The normalized spacial score (nSPS) is 11.4. The second-order valence-electron chi connectivity index (χ2n) is 4.47. The summed E-state index contributed by atoms with van der Waals surface area (Å²) in [7, 11) is 0. The van der Waals surface area contributed by atoms with Gasteiger partial charge in [-0.15, -0.1) is 0 Å². The molecule has 0 amide bonds. The van der Waals surface area contributed by atoms with Crippen molar-refractivity contribution in [3.63, 3.8) is 0 Å². The smallest absolute Gasteiger partial charge is 0.416 e. The Bertz CT molecular complexity index is 608. The van der Waals surface area contributed by atoms with E-state index in [1.54, 1.807) is 18.2 Å². The van der Waals surface area contributed by atoms with Crippen molar-refractivity contribution in [2.75, 3.05) is 5.73 Å². The van der Waals surface area contributed by atoms with E-state index in [9.17, 15) is 13.2 Å². The fraction of sp³-hybridized carbons (Fsp3) is 0.200. The van der Waals surface area contributed by atoms with Crippen molar-refractivity contribution in [2.45, 2.75) is 19.7 Å². The van der Waals surface area contributed by atoms with E-state index in [0.29, 0.717) is 17.0 Å². The molecule has 0 aliphatic carbocycles. The lowest BCUT2D eigenvalue weighted by molar-refractivity contribution is -0.137. The molecular weight excluding hydrogens is 267 g/mol. The molecule has 2 nitrogen and oxygen atoms in total. The minimum atomic E-state index is -4.35. The number of rotatable bonds is 3. The molecule has 0 aliphatic rings. The average Bonchev–Trinajstić information content (AvgIpc) is 2.40. The topological polar surface area (TPSA) is 35.2 Å². The van der Waals surface area contributed by atoms with Gasteiger partial charge in [-0.1, -0.05) is 24.3 Å². The Hall–Kier alpha value is -2.17. The van der Waals surface area contributed by atoms with Crippen LogP contribution >= 0.6 is 0 Å². The zero-order chi connectivity index (χ0) is 14.8. The van der Waals surface area contributed by atoms with Gasteiger partial charge in [0.25, 0.3) is 0 Å². The molecule has 0 bridgehead atoms. The van der Waals surface area contributed by atoms with Crippen molar-refractivity contribution >= 4 is 5.69 Å². The van der Waals surface area contributed by atoms with E-state index in [0.717, 1.165) is 17.7 Å². The first-order valence-corrected chi connectivity index (χ1v) is 6.02. The van der Waals surface area contributed by atoms with Gasteiger partial charge >= 0.3 is 6.18 Å². The number of anilines is 1. The van der Waals surface area contributed by atoms with Gasteiger partial charge in [-0.2, -0.15) is 13.2 Å². The Morgan fingerprint density at radius 3 is 2.50 bits per heavy atom. The third-order valence-corrected chi connectivity index (χ3v) is 2.93. The number of aryl methyl sites for hydroxylation is 1. The molecule has 0 saturated carbocycles. The van der Waals surface area contributed by atoms with Crippen molar-refractivity contribution in [1.29, 1.82) is 0 Å². The average molecular weight is 281 g/mol. The molecule has 0 radical (unpaired) electrons. The fourth-order valence-electron chi connectivity index (χ4n) is 1.78. The fourth-order valence-corrected chi connectivity index (χ4v) is 1.78. The molecular formula is C15H14F3NO. The molecule has 0 heterocycles. The third-order valence-electron chi connectivity index (χ3n) is 2.93. The number of para-hydroxylation sites is 1. The Balaban J connectivity index is 2.13. The third kappa shape index (κ3) is 3.23. The largest absolute Gasteiger partial charge is 0.487 e. The number of alkyl halides is 3. The molecule has 0 unspecified atom stereocenters. The highest BCUT2D eigenvalue weighted by Crippen LogP contribution is 2.30. The zero-order valence-electron chi connectivity index (χ0n) is 10.9. The first-order chi connectivity index (χ1) is 9.38. The van der Waals surface area contributed by atoms with Crippen molar-refractivity contribution in [1.82, 2.24) is 0 Å². The van der Waals surface area contributed by atoms with E-state index in [2.05, 4.69) is 0 Å². The van der Waals surface area contributed by atoms with Gasteiger partial charge in [0.05, 0.1) is 11.3 Å². The molecule has 0 atom stereocenters. The maximum atomic E-state index is 12.6. The van der Waals surface area contributed by atoms with E-state index >= 15 is 0 Å². The minimum Gasteiger partial charge on any atom is -0.487 e. The molecule has 0 aromatic heterocycles. The lowest BCUT2D eigenvalue weighted by atomic mass is 10.1. The number of halogens is 3. The Labute approximate surface area is 115 Å². The molecule has 0 aliphatic heterocycles. The summed E-state index contributed by atoms with van der Waals surface area (Å²) in [5.41, 5.74) is 6.97. The number of benzene rings is 2. The van der Waals surface area contributed by atoms with Crippen LogP contribution in [0.1, 0.15) is 16.7 Å². The van der Waals surface area contributed by atoms with Gasteiger partial charge in [-0.25, -0.2) is 0 Å². The van der Waals surface area contributed by atoms with Crippen LogP contribution in [0.2, 0.25) is 0 Å². The maximum Gasteiger partial charge on any atom is 0.416 e. The van der Waals surface area contributed by atoms with Crippen molar-refractivity contribution in [2.24, 2.45) is 0 Å². The SMILES string of the molecule is Cc1cccc(OCc2cccc(C(F)(F)F)c2)c1N. The zero-order valence-corrected chi connectivity index (χ0v) is 10.9. The summed E-state index contributed by atoms with van der Waals surface area (Å²) in [6, 6.07) is 10.4. The number of hydrogen-bond acceptors (Lipinski definition) is 2. The quantitative estimate of drug-likeness (QED) is 0.857. The van der Waals surface area contributed by atoms with Crippen molar-refractivity contribution < 1.29 is 17.9 Å². The second-order valence-corrected chi connectivity index (χ2v) is 4.47. The number of hydrogen-bond donors (Lipinski definition) is 1. The molecule has 2 aromatic rings. The standard InChI is InChI=1S/C15H14F3NO/c1-10-4-2-7-13(14(10)19)20-9-11-5-3-6-12(8-11)15(16,17)18/h2-8H,9,19H2,1H3. The van der Waals surface area contributed by atoms with Crippen LogP contribution in [-0.4, -0.2) is 0 Å². The summed E-state index contributed by atoms with van der Waals surface area (Å²) >= 11 is 0. The number of ether oxygens (including phenoxy) is 1. The molecule has 20 heavy (non-hydrogen) atoms. The maximum absolute atomic E-state index is 12.6. The van der Waals surface area contributed by atoms with Crippen LogP contribution in [0.15, 0.2) is 42.5 Å². The van der Waals surface area contributed by atoms with Crippen LogP contribution in [-0.2, 0) is 12.8 Å². The lowest BCUT2D eigenvalue weighted by Gasteiger charge is -2.12. The molecule has 0 spiro atoms. The Morgan fingerprint density at radius 1 is 1.10 bits per heavy atom. The Kier molecular flexibility index (Phi) is 3.88. The van der Waals surface area contributed by atoms with E-state index < -0.39 is 11.7 Å². The predicted molar refractivity (Wildman–Crippen MR) is 71.4 cm³/mol. The van der Waals surface area contributed by atoms with E-state index in [1.165, 1.54) is 6.07 Å². The number of nitrogen functional groups attached to an aromatic ring is 1. The number of nitrogens with two attached hydrogens (primary N) is 1. The van der Waals surface area contributed by atoms with Crippen LogP contribution in [0.25, 0.3) is 0 Å². The van der Waals surface area contributed by atoms with Crippen LogP contribution in [0.3, 0.4) is 0 Å². The van der Waals surface area contributed by atoms with Gasteiger partial charge in [0.1, 0.15) is 12.4 Å². The lowest BCUT2D eigenvalue weighted by Crippen LogP contribution is -2.06. The van der Waals surface area contributed by atoms with Gasteiger partial charge in [-0.05, 0) is 36.2 Å². The van der Waals surface area contributed by atoms with Gasteiger partial charge in [0.15, 0.2) is 0 Å². The van der Waals surface area contributed by atoms with E-state index in [4.69, 9.17) is 10.5 Å². The van der Waals surface area contributed by atoms with Crippen LogP contribution < -0.4 is 10.5 Å². The van der Waals surface area contributed by atoms with Gasteiger partial charge < -0.3 is 10.5 Å². The molecule has 2 aromatic carbocycles. The molecule has 2 N–H and O–H groups in total. The highest BCUT2D eigenvalue weighted by atomic mass is 19.4. The molecule has 2 rings (SSSR count). The minimum absolute atomic E-state index is 0.0393. The van der Waals surface area contributed by atoms with Gasteiger partial charge in [0.2, 0.25) is 0 Å². The monoisotopic (exact) mass is 281 g/mol. The van der Waals surface area contributed by atoms with Crippen LogP contribution in [0.4, 0.5) is 18.9 Å². The van der Waals surface area contributed by atoms with Crippen LogP contribution in [0.5, 0.6) is 5.75 Å². The summed E-state index contributed by atoms with van der Waals surface area (Å²) < 4.78 is 43.2. The first kappa shape index (κ1) is 14.2. The second kappa shape index (κ2) is 5.45. The summed E-state index contributed by atoms with van der Waals surface area (Å²) in [5, 5.41) is 0. The molecule has 5 heteroatoms. The van der Waals surface area contributed by atoms with Gasteiger partial charge in [0, 0.05) is 0 Å². The summed E-state index contributed by atoms with van der Waals surface area (Å²) in [6.45, 7) is 1.88. The van der Waals surface area contributed by atoms with Gasteiger partial charge in [-0.3, -0.25) is 0 Å². The Morgan fingerprint density at radius 2 is 1.80 bits per heavy atom. The first-order valence-electron chi connectivity index (χ1n) is 6.02. The summed E-state index contributed by atoms with van der Waals surface area (Å²) in [4.78, 5) is 0. The van der Waals surface area contributed by atoms with Crippen molar-refractivity contribution in [3.8, 4) is 5.75 Å². The summed E-state index contributed by atoms with van der Waals surface area (Å²) in [5.74, 6) is 0.474. The predicted octanol–water partition coefficient (Wildman–Crippen LogP) is 4.18. The van der Waals surface area contributed by atoms with E-state index in [-0.39, 0.29) is 6.61 Å². The highest BCUT2D eigenvalue weighted by molar-refractivity contribution is 5.57. The molecule has 0 fully saturated rings. The summed E-state index contributed by atoms with van der Waals surface area (Å²) in [6.07, 6.45) is -4.35. The molecule has 0 saturated heterocycles. The van der Waals surface area contributed by atoms with Crippen LogP contribution in [0, 0.1) is 6.92 Å². The van der Waals surface area contributed by atoms with Crippen molar-refractivity contribution in [3.05, 3.63) is 59.2 Å². The van der Waals surface area contributed by atoms with E-state index in [1.807, 2.05) is 13.0 Å².